The highest BCUT2D eigenvalue weighted by molar-refractivity contribution is 5.71. The highest BCUT2D eigenvalue weighted by atomic mass is 16.6. The Morgan fingerprint density at radius 3 is 1.20 bits per heavy atom. The summed E-state index contributed by atoms with van der Waals surface area (Å²) in [5.41, 5.74) is 0. The van der Waals surface area contributed by atoms with Crippen molar-refractivity contribution in [3.05, 3.63) is 36.5 Å². The fraction of sp³-hybridized carbons (Fsp3) is 0.800. The molecule has 0 fully saturated rings. The highest BCUT2D eigenvalue weighted by Gasteiger charge is 2.19. The van der Waals surface area contributed by atoms with Gasteiger partial charge in [0.15, 0.2) is 6.10 Å². The summed E-state index contributed by atoms with van der Waals surface area (Å²) in [7, 11) is 0. The summed E-state index contributed by atoms with van der Waals surface area (Å²) < 4.78 is 16.6. The number of rotatable bonds is 38. The number of hydrogen-bond donors (Lipinski definition) is 0. The van der Waals surface area contributed by atoms with Gasteiger partial charge in [-0.2, -0.15) is 0 Å². The SMILES string of the molecule is CC/C=C\C/C=C\C/C=C\CCCCCCCC(=O)OCC(COC(=O)CCCCCCCC)OC(=O)CCCCCCCCCCCCCC. The van der Waals surface area contributed by atoms with Crippen LogP contribution in [0, 0.1) is 0 Å². The van der Waals surface area contributed by atoms with E-state index < -0.39 is 6.10 Å². The van der Waals surface area contributed by atoms with Gasteiger partial charge in [-0.1, -0.05) is 179 Å². The third kappa shape index (κ3) is 38.7. The molecule has 6 heteroatoms. The molecule has 0 N–H and O–H groups in total. The normalized spacial score (nSPS) is 12.3. The van der Waals surface area contributed by atoms with Gasteiger partial charge in [0.05, 0.1) is 0 Å². The van der Waals surface area contributed by atoms with E-state index in [2.05, 4.69) is 57.2 Å². The molecule has 0 aliphatic heterocycles. The number of esters is 3. The first-order valence-electron chi connectivity index (χ1n) is 21.5. The fourth-order valence-corrected chi connectivity index (χ4v) is 5.93. The van der Waals surface area contributed by atoms with Gasteiger partial charge in [0.25, 0.3) is 0 Å². The standard InChI is InChI=1S/C45H80O6/c1-4-7-10-13-16-18-20-22-23-24-26-27-29-32-35-38-44(47)50-41-42(40-49-43(46)37-34-31-15-12-9-6-3)51-45(48)39-36-33-30-28-25-21-19-17-14-11-8-5-2/h7,10,16,18,22-23,42H,4-6,8-9,11-15,17,19-21,24-41H2,1-3H3/b10-7-,18-16-,23-22-. The van der Waals surface area contributed by atoms with Crippen LogP contribution in [0.1, 0.15) is 213 Å². The van der Waals surface area contributed by atoms with Crippen LogP contribution in [0.4, 0.5) is 0 Å². The van der Waals surface area contributed by atoms with E-state index in [-0.39, 0.29) is 31.1 Å². The van der Waals surface area contributed by atoms with Crippen molar-refractivity contribution in [3.63, 3.8) is 0 Å². The van der Waals surface area contributed by atoms with Crippen LogP contribution in [-0.4, -0.2) is 37.2 Å². The predicted octanol–water partition coefficient (Wildman–Crippen LogP) is 13.4. The van der Waals surface area contributed by atoms with E-state index in [1.807, 2.05) is 0 Å². The Morgan fingerprint density at radius 1 is 0.412 bits per heavy atom. The molecule has 0 radical (unpaired) electrons. The second-order valence-corrected chi connectivity index (χ2v) is 14.2. The lowest BCUT2D eigenvalue weighted by Gasteiger charge is -2.18. The first-order valence-corrected chi connectivity index (χ1v) is 21.5. The Labute approximate surface area is 315 Å². The van der Waals surface area contributed by atoms with Gasteiger partial charge >= 0.3 is 17.9 Å². The number of ether oxygens (including phenoxy) is 3. The fourth-order valence-electron chi connectivity index (χ4n) is 5.93. The molecule has 0 saturated heterocycles. The van der Waals surface area contributed by atoms with Crippen molar-refractivity contribution in [1.29, 1.82) is 0 Å². The maximum Gasteiger partial charge on any atom is 0.306 e. The molecule has 0 bridgehead atoms. The Kier molecular flexibility index (Phi) is 38.5. The van der Waals surface area contributed by atoms with Crippen molar-refractivity contribution in [2.45, 2.75) is 219 Å². The molecule has 0 heterocycles. The first-order chi connectivity index (χ1) is 25.0. The molecule has 0 spiro atoms. The van der Waals surface area contributed by atoms with Crippen LogP contribution < -0.4 is 0 Å². The van der Waals surface area contributed by atoms with Crippen molar-refractivity contribution in [1.82, 2.24) is 0 Å². The molecule has 0 amide bonds. The molecule has 1 unspecified atom stereocenters. The summed E-state index contributed by atoms with van der Waals surface area (Å²) in [6.07, 6.45) is 44.3. The van der Waals surface area contributed by atoms with Crippen molar-refractivity contribution >= 4 is 17.9 Å². The van der Waals surface area contributed by atoms with E-state index >= 15 is 0 Å². The molecule has 1 atom stereocenters. The highest BCUT2D eigenvalue weighted by Crippen LogP contribution is 2.14. The molecule has 0 aromatic rings. The zero-order valence-electron chi connectivity index (χ0n) is 33.6. The van der Waals surface area contributed by atoms with Crippen LogP contribution >= 0.6 is 0 Å². The minimum absolute atomic E-state index is 0.0762. The van der Waals surface area contributed by atoms with E-state index in [9.17, 15) is 14.4 Å². The number of carbonyl (C=O) groups excluding carboxylic acids is 3. The second kappa shape index (κ2) is 40.4. The maximum atomic E-state index is 12.6. The van der Waals surface area contributed by atoms with Gasteiger partial charge in [-0.3, -0.25) is 14.4 Å². The predicted molar refractivity (Wildman–Crippen MR) is 215 cm³/mol. The topological polar surface area (TPSA) is 78.9 Å². The summed E-state index contributed by atoms with van der Waals surface area (Å²) in [6, 6.07) is 0. The molecule has 296 valence electrons. The van der Waals surface area contributed by atoms with Crippen LogP contribution in [0.2, 0.25) is 0 Å². The molecule has 0 rings (SSSR count). The average molecular weight is 717 g/mol. The summed E-state index contributed by atoms with van der Waals surface area (Å²) >= 11 is 0. The van der Waals surface area contributed by atoms with E-state index in [0.29, 0.717) is 19.3 Å². The van der Waals surface area contributed by atoms with Gasteiger partial charge in [0.1, 0.15) is 13.2 Å². The molecular weight excluding hydrogens is 636 g/mol. The number of hydrogen-bond acceptors (Lipinski definition) is 6. The first kappa shape index (κ1) is 48.6. The third-order valence-corrected chi connectivity index (χ3v) is 9.16. The molecule has 0 saturated carbocycles. The second-order valence-electron chi connectivity index (χ2n) is 14.2. The Morgan fingerprint density at radius 2 is 0.765 bits per heavy atom. The summed E-state index contributed by atoms with van der Waals surface area (Å²) in [5, 5.41) is 0. The number of allylic oxidation sites excluding steroid dienone is 6. The van der Waals surface area contributed by atoms with E-state index in [1.54, 1.807) is 0 Å². The lowest BCUT2D eigenvalue weighted by Crippen LogP contribution is -2.30. The van der Waals surface area contributed by atoms with Gasteiger partial charge in [-0.15, -0.1) is 0 Å². The minimum atomic E-state index is -0.770. The summed E-state index contributed by atoms with van der Waals surface area (Å²) in [4.78, 5) is 37.4. The lowest BCUT2D eigenvalue weighted by molar-refractivity contribution is -0.167. The molecular formula is C45H80O6. The minimum Gasteiger partial charge on any atom is -0.462 e. The van der Waals surface area contributed by atoms with E-state index in [4.69, 9.17) is 14.2 Å². The Hall–Kier alpha value is -2.37. The smallest absolute Gasteiger partial charge is 0.306 e. The van der Waals surface area contributed by atoms with Crippen LogP contribution in [0.25, 0.3) is 0 Å². The molecule has 6 nitrogen and oxygen atoms in total. The Balaban J connectivity index is 4.30. The van der Waals surface area contributed by atoms with Crippen LogP contribution in [0.15, 0.2) is 36.5 Å². The quantitative estimate of drug-likeness (QED) is 0.0274. The molecule has 0 aromatic carbocycles. The van der Waals surface area contributed by atoms with Crippen LogP contribution in [-0.2, 0) is 28.6 Å². The van der Waals surface area contributed by atoms with Crippen LogP contribution in [0.3, 0.4) is 0 Å². The largest absolute Gasteiger partial charge is 0.462 e. The molecule has 51 heavy (non-hydrogen) atoms. The average Bonchev–Trinajstić information content (AvgIpc) is 3.13. The Bertz CT molecular complexity index is 876. The van der Waals surface area contributed by atoms with Gasteiger partial charge < -0.3 is 14.2 Å². The maximum absolute atomic E-state index is 12.6. The van der Waals surface area contributed by atoms with E-state index in [1.165, 1.54) is 77.0 Å². The van der Waals surface area contributed by atoms with Gasteiger partial charge in [0.2, 0.25) is 0 Å². The zero-order chi connectivity index (χ0) is 37.3. The van der Waals surface area contributed by atoms with Gasteiger partial charge in [0, 0.05) is 19.3 Å². The van der Waals surface area contributed by atoms with Gasteiger partial charge in [-0.05, 0) is 51.4 Å². The number of carbonyl (C=O) groups is 3. The monoisotopic (exact) mass is 717 g/mol. The molecule has 0 aromatic heterocycles. The zero-order valence-corrected chi connectivity index (χ0v) is 33.6. The van der Waals surface area contributed by atoms with Crippen molar-refractivity contribution < 1.29 is 28.6 Å². The molecule has 0 aliphatic carbocycles. The van der Waals surface area contributed by atoms with Crippen molar-refractivity contribution in [3.8, 4) is 0 Å². The van der Waals surface area contributed by atoms with Crippen molar-refractivity contribution in [2.24, 2.45) is 0 Å². The number of unbranched alkanes of at least 4 members (excludes halogenated alkanes) is 21. The van der Waals surface area contributed by atoms with E-state index in [0.717, 1.165) is 96.3 Å². The van der Waals surface area contributed by atoms with Gasteiger partial charge in [-0.25, -0.2) is 0 Å². The third-order valence-electron chi connectivity index (χ3n) is 9.16. The van der Waals surface area contributed by atoms with Crippen LogP contribution in [0.5, 0.6) is 0 Å². The summed E-state index contributed by atoms with van der Waals surface area (Å²) in [5.74, 6) is -0.903. The molecule has 0 aliphatic rings. The van der Waals surface area contributed by atoms with Crippen molar-refractivity contribution in [2.75, 3.05) is 13.2 Å². The summed E-state index contributed by atoms with van der Waals surface area (Å²) in [6.45, 7) is 6.44. The lowest BCUT2D eigenvalue weighted by atomic mass is 10.0.